The fraction of sp³-hybridized carbons (Fsp3) is 0.562. The number of halogens is 2. The van der Waals surface area contributed by atoms with E-state index in [0.29, 0.717) is 12.0 Å². The molecular formula is C16H23F2NO2. The number of hydrogen-bond donors (Lipinski definition) is 1. The van der Waals surface area contributed by atoms with Gasteiger partial charge in [0.15, 0.2) is 11.6 Å². The van der Waals surface area contributed by atoms with E-state index >= 15 is 0 Å². The Morgan fingerprint density at radius 2 is 2.00 bits per heavy atom. The van der Waals surface area contributed by atoms with Gasteiger partial charge in [-0.3, -0.25) is 4.79 Å². The number of benzene rings is 1. The maximum Gasteiger partial charge on any atom is 0.313 e. The summed E-state index contributed by atoms with van der Waals surface area (Å²) in [6.07, 6.45) is 0.763. The molecule has 21 heavy (non-hydrogen) atoms. The van der Waals surface area contributed by atoms with Gasteiger partial charge in [-0.25, -0.2) is 8.78 Å². The Hall–Kier alpha value is -1.49. The predicted molar refractivity (Wildman–Crippen MR) is 77.6 cm³/mol. The first-order valence-electron chi connectivity index (χ1n) is 7.16. The van der Waals surface area contributed by atoms with Crippen LogP contribution in [0.4, 0.5) is 8.78 Å². The van der Waals surface area contributed by atoms with Crippen molar-refractivity contribution in [3.63, 3.8) is 0 Å². The minimum absolute atomic E-state index is 0.100. The SMILES string of the molecule is CCOC(=O)C(CN)(Cc1ccc(F)c(F)c1)CC(C)C. The molecule has 0 saturated carbocycles. The summed E-state index contributed by atoms with van der Waals surface area (Å²) >= 11 is 0. The van der Waals surface area contributed by atoms with E-state index in [0.717, 1.165) is 12.1 Å². The summed E-state index contributed by atoms with van der Waals surface area (Å²) in [5, 5.41) is 0. The van der Waals surface area contributed by atoms with E-state index in [1.54, 1.807) is 6.92 Å². The predicted octanol–water partition coefficient (Wildman–Crippen LogP) is 3.06. The normalized spacial score (nSPS) is 14.0. The number of hydrogen-bond acceptors (Lipinski definition) is 3. The van der Waals surface area contributed by atoms with Gasteiger partial charge in [0.25, 0.3) is 0 Å². The van der Waals surface area contributed by atoms with Gasteiger partial charge in [-0.05, 0) is 43.4 Å². The van der Waals surface area contributed by atoms with Gasteiger partial charge >= 0.3 is 5.97 Å². The highest BCUT2D eigenvalue weighted by molar-refractivity contribution is 5.77. The van der Waals surface area contributed by atoms with Crippen molar-refractivity contribution in [2.24, 2.45) is 17.1 Å². The van der Waals surface area contributed by atoms with Gasteiger partial charge < -0.3 is 10.5 Å². The number of ether oxygens (including phenoxy) is 1. The molecule has 1 rings (SSSR count). The fourth-order valence-corrected chi connectivity index (χ4v) is 2.57. The van der Waals surface area contributed by atoms with Gasteiger partial charge in [-0.1, -0.05) is 19.9 Å². The van der Waals surface area contributed by atoms with Crippen LogP contribution < -0.4 is 5.73 Å². The molecule has 0 aliphatic carbocycles. The van der Waals surface area contributed by atoms with Crippen molar-refractivity contribution < 1.29 is 18.3 Å². The molecule has 5 heteroatoms. The Kier molecular flexibility index (Phi) is 6.27. The molecule has 0 spiro atoms. The molecule has 3 nitrogen and oxygen atoms in total. The third-order valence-electron chi connectivity index (χ3n) is 3.42. The van der Waals surface area contributed by atoms with Crippen molar-refractivity contribution in [2.75, 3.05) is 13.2 Å². The molecular weight excluding hydrogens is 276 g/mol. The van der Waals surface area contributed by atoms with Gasteiger partial charge in [0, 0.05) is 6.54 Å². The van der Waals surface area contributed by atoms with Crippen molar-refractivity contribution in [1.82, 2.24) is 0 Å². The summed E-state index contributed by atoms with van der Waals surface area (Å²) in [6.45, 7) is 6.05. The van der Waals surface area contributed by atoms with Crippen LogP contribution in [-0.2, 0) is 16.0 Å². The molecule has 1 aromatic rings. The van der Waals surface area contributed by atoms with E-state index in [9.17, 15) is 13.6 Å². The van der Waals surface area contributed by atoms with Gasteiger partial charge in [0.05, 0.1) is 12.0 Å². The zero-order valence-corrected chi connectivity index (χ0v) is 12.8. The summed E-state index contributed by atoms with van der Waals surface area (Å²) in [5.41, 5.74) is 5.46. The van der Waals surface area contributed by atoms with Crippen LogP contribution >= 0.6 is 0 Å². The molecule has 0 radical (unpaired) electrons. The average molecular weight is 299 g/mol. The van der Waals surface area contributed by atoms with Crippen LogP contribution in [-0.4, -0.2) is 19.1 Å². The lowest BCUT2D eigenvalue weighted by Gasteiger charge is -2.32. The van der Waals surface area contributed by atoms with Crippen molar-refractivity contribution in [3.05, 3.63) is 35.4 Å². The van der Waals surface area contributed by atoms with E-state index in [1.807, 2.05) is 13.8 Å². The second-order valence-corrected chi connectivity index (χ2v) is 5.73. The molecule has 0 aliphatic heterocycles. The minimum atomic E-state index is -0.924. The van der Waals surface area contributed by atoms with E-state index in [2.05, 4.69) is 0 Å². The molecule has 1 aromatic carbocycles. The lowest BCUT2D eigenvalue weighted by molar-refractivity contribution is -0.156. The van der Waals surface area contributed by atoms with Crippen molar-refractivity contribution >= 4 is 5.97 Å². The number of esters is 1. The zero-order valence-electron chi connectivity index (χ0n) is 12.8. The number of nitrogens with two attached hydrogens (primary N) is 1. The molecule has 0 amide bonds. The van der Waals surface area contributed by atoms with Gasteiger partial charge in [0.2, 0.25) is 0 Å². The minimum Gasteiger partial charge on any atom is -0.466 e. The fourth-order valence-electron chi connectivity index (χ4n) is 2.57. The Morgan fingerprint density at radius 3 is 2.48 bits per heavy atom. The van der Waals surface area contributed by atoms with Gasteiger partial charge in [-0.15, -0.1) is 0 Å². The maximum atomic E-state index is 13.3. The summed E-state index contributed by atoms with van der Waals surface area (Å²) in [4.78, 5) is 12.3. The molecule has 0 saturated heterocycles. The van der Waals surface area contributed by atoms with Crippen LogP contribution in [0.5, 0.6) is 0 Å². The summed E-state index contributed by atoms with van der Waals surface area (Å²) in [6, 6.07) is 3.65. The highest BCUT2D eigenvalue weighted by Gasteiger charge is 2.39. The highest BCUT2D eigenvalue weighted by Crippen LogP contribution is 2.32. The number of carbonyl (C=O) groups excluding carboxylic acids is 1. The molecule has 0 aromatic heterocycles. The number of carbonyl (C=O) groups is 1. The summed E-state index contributed by atoms with van der Waals surface area (Å²) in [5.74, 6) is -1.99. The van der Waals surface area contributed by atoms with Gasteiger partial charge in [-0.2, -0.15) is 0 Å². The van der Waals surface area contributed by atoms with Crippen LogP contribution in [0.25, 0.3) is 0 Å². The smallest absolute Gasteiger partial charge is 0.313 e. The van der Waals surface area contributed by atoms with Crippen molar-refractivity contribution in [1.29, 1.82) is 0 Å². The first-order chi connectivity index (χ1) is 9.84. The monoisotopic (exact) mass is 299 g/mol. The molecule has 2 N–H and O–H groups in total. The molecule has 1 unspecified atom stereocenters. The van der Waals surface area contributed by atoms with Crippen molar-refractivity contribution in [3.8, 4) is 0 Å². The quantitative estimate of drug-likeness (QED) is 0.787. The second kappa shape index (κ2) is 7.50. The van der Waals surface area contributed by atoms with E-state index in [4.69, 9.17) is 10.5 Å². The molecule has 0 fully saturated rings. The van der Waals surface area contributed by atoms with E-state index in [1.165, 1.54) is 6.07 Å². The Bertz CT molecular complexity index is 491. The zero-order chi connectivity index (χ0) is 16.0. The van der Waals surface area contributed by atoms with E-state index in [-0.39, 0.29) is 31.5 Å². The molecule has 118 valence electrons. The standard InChI is InChI=1S/C16H23F2NO2/c1-4-21-15(20)16(10-19,8-11(2)3)9-12-5-6-13(17)14(18)7-12/h5-7,11H,4,8-10,19H2,1-3H3. The largest absolute Gasteiger partial charge is 0.466 e. The first kappa shape index (κ1) is 17.6. The van der Waals surface area contributed by atoms with Crippen LogP contribution in [0.1, 0.15) is 32.8 Å². The third-order valence-corrected chi connectivity index (χ3v) is 3.42. The first-order valence-corrected chi connectivity index (χ1v) is 7.16. The highest BCUT2D eigenvalue weighted by atomic mass is 19.2. The Balaban J connectivity index is 3.10. The Labute approximate surface area is 124 Å². The van der Waals surface area contributed by atoms with Crippen LogP contribution in [0.15, 0.2) is 18.2 Å². The Morgan fingerprint density at radius 1 is 1.33 bits per heavy atom. The van der Waals surface area contributed by atoms with Gasteiger partial charge in [0.1, 0.15) is 0 Å². The summed E-state index contributed by atoms with van der Waals surface area (Å²) < 4.78 is 31.5. The number of rotatable bonds is 7. The third kappa shape index (κ3) is 4.49. The van der Waals surface area contributed by atoms with Crippen molar-refractivity contribution in [2.45, 2.75) is 33.6 Å². The lowest BCUT2D eigenvalue weighted by atomic mass is 9.75. The molecule has 0 aliphatic rings. The van der Waals surface area contributed by atoms with Crippen LogP contribution in [0.3, 0.4) is 0 Å². The average Bonchev–Trinajstić information content (AvgIpc) is 2.41. The van der Waals surface area contributed by atoms with E-state index < -0.39 is 17.0 Å². The summed E-state index contributed by atoms with van der Waals surface area (Å²) in [7, 11) is 0. The topological polar surface area (TPSA) is 52.3 Å². The van der Waals surface area contributed by atoms with Crippen LogP contribution in [0.2, 0.25) is 0 Å². The molecule has 0 heterocycles. The molecule has 1 atom stereocenters. The van der Waals surface area contributed by atoms with Crippen LogP contribution in [0, 0.1) is 23.0 Å². The molecule has 0 bridgehead atoms. The maximum absolute atomic E-state index is 13.3. The second-order valence-electron chi connectivity index (χ2n) is 5.73. The lowest BCUT2D eigenvalue weighted by Crippen LogP contribution is -2.43.